The van der Waals surface area contributed by atoms with Gasteiger partial charge in [-0.05, 0) is 18.3 Å². The van der Waals surface area contributed by atoms with Crippen molar-refractivity contribution in [2.75, 3.05) is 11.6 Å². The number of alkyl halides is 4. The number of thioether (sulfide) groups is 1. The first-order valence-corrected chi connectivity index (χ1v) is 5.65. The van der Waals surface area contributed by atoms with Crippen LogP contribution in [0, 0.1) is 11.8 Å². The molecular formula is C8H14ClF3S. The van der Waals surface area contributed by atoms with Crippen molar-refractivity contribution in [2.24, 2.45) is 11.8 Å². The third-order valence-corrected chi connectivity index (χ3v) is 3.06. The molecule has 0 fully saturated rings. The van der Waals surface area contributed by atoms with Crippen LogP contribution in [0.3, 0.4) is 0 Å². The normalized spacial score (nSPS) is 15.0. The summed E-state index contributed by atoms with van der Waals surface area (Å²) in [5.74, 6) is 1.10. The molecule has 0 aromatic carbocycles. The van der Waals surface area contributed by atoms with E-state index in [4.69, 9.17) is 11.6 Å². The molecule has 0 aromatic rings. The van der Waals surface area contributed by atoms with Gasteiger partial charge in [-0.3, -0.25) is 0 Å². The second-order valence-electron chi connectivity index (χ2n) is 3.24. The summed E-state index contributed by atoms with van der Waals surface area (Å²) in [7, 11) is 0. The highest BCUT2D eigenvalue weighted by atomic mass is 35.5. The lowest BCUT2D eigenvalue weighted by Crippen LogP contribution is -2.13. The topological polar surface area (TPSA) is 0 Å². The Kier molecular flexibility index (Phi) is 6.21. The Morgan fingerprint density at radius 1 is 1.31 bits per heavy atom. The van der Waals surface area contributed by atoms with E-state index in [2.05, 4.69) is 0 Å². The fourth-order valence-corrected chi connectivity index (χ4v) is 2.08. The third kappa shape index (κ3) is 7.50. The standard InChI is InChI=1S/C8H14ClF3S/c1-6(2)7(5-9)3-4-13-8(10,11)12/h6-7H,3-5H2,1-2H3. The van der Waals surface area contributed by atoms with Gasteiger partial charge in [0, 0.05) is 11.6 Å². The number of hydrogen-bond acceptors (Lipinski definition) is 1. The Morgan fingerprint density at radius 3 is 2.15 bits per heavy atom. The summed E-state index contributed by atoms with van der Waals surface area (Å²) in [4.78, 5) is 0. The second kappa shape index (κ2) is 6.02. The van der Waals surface area contributed by atoms with Gasteiger partial charge in [0.15, 0.2) is 0 Å². The summed E-state index contributed by atoms with van der Waals surface area (Å²) in [6.07, 6.45) is 0.533. The molecular weight excluding hydrogens is 221 g/mol. The van der Waals surface area contributed by atoms with E-state index in [0.29, 0.717) is 18.2 Å². The molecule has 5 heteroatoms. The summed E-state index contributed by atoms with van der Waals surface area (Å²) in [5, 5.41) is 0. The highest BCUT2D eigenvalue weighted by molar-refractivity contribution is 8.00. The minimum absolute atomic E-state index is 0.0360. The first-order valence-electron chi connectivity index (χ1n) is 4.13. The maximum absolute atomic E-state index is 11.7. The Labute approximate surface area is 86.2 Å². The number of halogens is 4. The zero-order valence-electron chi connectivity index (χ0n) is 7.70. The molecule has 0 saturated heterocycles. The molecule has 1 atom stereocenters. The van der Waals surface area contributed by atoms with Crippen LogP contribution in [-0.4, -0.2) is 17.1 Å². The summed E-state index contributed by atoms with van der Waals surface area (Å²) in [5.41, 5.74) is -4.10. The molecule has 0 aliphatic heterocycles. The highest BCUT2D eigenvalue weighted by Crippen LogP contribution is 2.32. The molecule has 13 heavy (non-hydrogen) atoms. The van der Waals surface area contributed by atoms with Gasteiger partial charge in [0.05, 0.1) is 0 Å². The Balaban J connectivity index is 3.62. The zero-order chi connectivity index (χ0) is 10.5. The maximum Gasteiger partial charge on any atom is 0.441 e. The molecule has 1 unspecified atom stereocenters. The summed E-state index contributed by atoms with van der Waals surface area (Å²) in [6.45, 7) is 3.95. The van der Waals surface area contributed by atoms with Crippen LogP contribution in [-0.2, 0) is 0 Å². The lowest BCUT2D eigenvalue weighted by atomic mass is 9.95. The van der Waals surface area contributed by atoms with E-state index < -0.39 is 5.51 Å². The molecule has 0 amide bonds. The predicted octanol–water partition coefficient (Wildman–Crippen LogP) is 4.14. The Bertz CT molecular complexity index is 136. The van der Waals surface area contributed by atoms with Gasteiger partial charge in [-0.25, -0.2) is 0 Å². The van der Waals surface area contributed by atoms with Crippen LogP contribution in [0.25, 0.3) is 0 Å². The van der Waals surface area contributed by atoms with E-state index in [0.717, 1.165) is 0 Å². The zero-order valence-corrected chi connectivity index (χ0v) is 9.27. The molecule has 80 valence electrons. The average Bonchev–Trinajstić information content (AvgIpc) is 1.95. The van der Waals surface area contributed by atoms with Gasteiger partial charge < -0.3 is 0 Å². The van der Waals surface area contributed by atoms with Gasteiger partial charge in [0.1, 0.15) is 0 Å². The Hall–Kier alpha value is 0.430. The predicted molar refractivity (Wildman–Crippen MR) is 52.2 cm³/mol. The molecule has 0 nitrogen and oxygen atoms in total. The second-order valence-corrected chi connectivity index (χ2v) is 4.71. The molecule has 0 aromatic heterocycles. The van der Waals surface area contributed by atoms with Crippen molar-refractivity contribution >= 4 is 23.4 Å². The molecule has 0 rings (SSSR count). The molecule has 0 aliphatic rings. The minimum atomic E-state index is -4.10. The number of rotatable bonds is 5. The Morgan fingerprint density at radius 2 is 1.85 bits per heavy atom. The van der Waals surface area contributed by atoms with Crippen molar-refractivity contribution in [3.05, 3.63) is 0 Å². The summed E-state index contributed by atoms with van der Waals surface area (Å²) < 4.78 is 35.2. The number of hydrogen-bond donors (Lipinski definition) is 0. The van der Waals surface area contributed by atoms with Crippen molar-refractivity contribution < 1.29 is 13.2 Å². The largest absolute Gasteiger partial charge is 0.441 e. The van der Waals surface area contributed by atoms with Crippen molar-refractivity contribution in [2.45, 2.75) is 25.8 Å². The van der Waals surface area contributed by atoms with Gasteiger partial charge in [0.2, 0.25) is 0 Å². The van der Waals surface area contributed by atoms with E-state index in [9.17, 15) is 13.2 Å². The first kappa shape index (κ1) is 13.4. The van der Waals surface area contributed by atoms with Crippen LogP contribution in [0.5, 0.6) is 0 Å². The van der Waals surface area contributed by atoms with E-state index in [1.165, 1.54) is 0 Å². The molecule has 0 heterocycles. The van der Waals surface area contributed by atoms with Gasteiger partial charge in [-0.2, -0.15) is 13.2 Å². The van der Waals surface area contributed by atoms with Crippen molar-refractivity contribution in [1.29, 1.82) is 0 Å². The SMILES string of the molecule is CC(C)C(CCl)CCSC(F)(F)F. The van der Waals surface area contributed by atoms with Crippen LogP contribution in [0.2, 0.25) is 0 Å². The van der Waals surface area contributed by atoms with Crippen LogP contribution in [0.4, 0.5) is 13.2 Å². The minimum Gasteiger partial charge on any atom is -0.160 e. The molecule has 0 bridgehead atoms. The monoisotopic (exact) mass is 234 g/mol. The van der Waals surface area contributed by atoms with E-state index >= 15 is 0 Å². The van der Waals surface area contributed by atoms with Crippen molar-refractivity contribution in [1.82, 2.24) is 0 Å². The molecule has 0 saturated carbocycles. The molecule has 0 radical (unpaired) electrons. The van der Waals surface area contributed by atoms with Crippen LogP contribution in [0.15, 0.2) is 0 Å². The average molecular weight is 235 g/mol. The van der Waals surface area contributed by atoms with Crippen molar-refractivity contribution in [3.63, 3.8) is 0 Å². The third-order valence-electron chi connectivity index (χ3n) is 1.90. The van der Waals surface area contributed by atoms with Crippen LogP contribution in [0.1, 0.15) is 20.3 Å². The molecule has 0 aliphatic carbocycles. The fraction of sp³-hybridized carbons (Fsp3) is 1.00. The van der Waals surface area contributed by atoms with Crippen LogP contribution >= 0.6 is 23.4 Å². The van der Waals surface area contributed by atoms with Crippen molar-refractivity contribution in [3.8, 4) is 0 Å². The van der Waals surface area contributed by atoms with Gasteiger partial charge in [-0.15, -0.1) is 11.6 Å². The molecule has 0 spiro atoms. The van der Waals surface area contributed by atoms with Crippen LogP contribution < -0.4 is 0 Å². The maximum atomic E-state index is 11.7. The van der Waals surface area contributed by atoms with Gasteiger partial charge >= 0.3 is 5.51 Å². The smallest absolute Gasteiger partial charge is 0.160 e. The van der Waals surface area contributed by atoms with E-state index in [1.54, 1.807) is 0 Å². The van der Waals surface area contributed by atoms with E-state index in [1.807, 2.05) is 13.8 Å². The first-order chi connectivity index (χ1) is 5.87. The lowest BCUT2D eigenvalue weighted by Gasteiger charge is -2.17. The summed E-state index contributed by atoms with van der Waals surface area (Å²) in [6, 6.07) is 0. The molecule has 0 N–H and O–H groups in total. The lowest BCUT2D eigenvalue weighted by molar-refractivity contribution is -0.0328. The van der Waals surface area contributed by atoms with Gasteiger partial charge in [0.25, 0.3) is 0 Å². The fourth-order valence-electron chi connectivity index (χ4n) is 0.915. The quantitative estimate of drug-likeness (QED) is 0.645. The summed E-state index contributed by atoms with van der Waals surface area (Å²) >= 11 is 5.66. The van der Waals surface area contributed by atoms with E-state index in [-0.39, 0.29) is 23.4 Å². The highest BCUT2D eigenvalue weighted by Gasteiger charge is 2.28. The van der Waals surface area contributed by atoms with Gasteiger partial charge in [-0.1, -0.05) is 25.6 Å².